The molecule has 2 N–H and O–H groups in total. The molecule has 0 heterocycles. The monoisotopic (exact) mass is 270 g/mol. The highest BCUT2D eigenvalue weighted by atomic mass is 16.4. The van der Waals surface area contributed by atoms with Gasteiger partial charge in [-0.25, -0.2) is 4.79 Å². The first-order valence-electron chi connectivity index (χ1n) is 6.79. The van der Waals surface area contributed by atoms with Crippen LogP contribution in [0.15, 0.2) is 0 Å². The standard InChI is InChI=1S/C14H26N2O3/c1-9(10-7-8-10)16(6)12(19)15-14(4,5)13(2,3)11(17)18/h9-10H,7-8H2,1-6H3,(H,15,19)(H,17,18). The molecule has 5 nitrogen and oxygen atoms in total. The Morgan fingerprint density at radius 1 is 1.26 bits per heavy atom. The quantitative estimate of drug-likeness (QED) is 0.805. The zero-order valence-corrected chi connectivity index (χ0v) is 12.8. The van der Waals surface area contributed by atoms with Crippen LogP contribution < -0.4 is 5.32 Å². The molecule has 5 heteroatoms. The SMILES string of the molecule is CC(C1CC1)N(C)C(=O)NC(C)(C)C(C)(C)C(=O)O. The maximum Gasteiger partial charge on any atom is 0.317 e. The molecule has 2 amide bonds. The van der Waals surface area contributed by atoms with Crippen LogP contribution in [0.5, 0.6) is 0 Å². The van der Waals surface area contributed by atoms with Crippen molar-refractivity contribution in [3.63, 3.8) is 0 Å². The van der Waals surface area contributed by atoms with Gasteiger partial charge in [-0.3, -0.25) is 4.79 Å². The number of carboxylic acids is 1. The van der Waals surface area contributed by atoms with Crippen LogP contribution >= 0.6 is 0 Å². The number of carboxylic acid groups (broad SMARTS) is 1. The lowest BCUT2D eigenvalue weighted by molar-refractivity contribution is -0.150. The van der Waals surface area contributed by atoms with Crippen LogP contribution in [-0.4, -0.2) is 40.6 Å². The van der Waals surface area contributed by atoms with Crippen molar-refractivity contribution in [3.8, 4) is 0 Å². The molecule has 1 aliphatic rings. The first-order valence-corrected chi connectivity index (χ1v) is 6.79. The van der Waals surface area contributed by atoms with Crippen LogP contribution in [0.2, 0.25) is 0 Å². The van der Waals surface area contributed by atoms with Gasteiger partial charge in [0.2, 0.25) is 0 Å². The van der Waals surface area contributed by atoms with Gasteiger partial charge >= 0.3 is 12.0 Å². The van der Waals surface area contributed by atoms with Gasteiger partial charge in [0, 0.05) is 13.1 Å². The Morgan fingerprint density at radius 2 is 1.74 bits per heavy atom. The minimum atomic E-state index is -1.04. The van der Waals surface area contributed by atoms with Crippen molar-refractivity contribution in [3.05, 3.63) is 0 Å². The molecule has 0 aromatic heterocycles. The molecular weight excluding hydrogens is 244 g/mol. The minimum Gasteiger partial charge on any atom is -0.481 e. The van der Waals surface area contributed by atoms with Crippen molar-refractivity contribution in [2.45, 2.75) is 59.0 Å². The normalized spacial score (nSPS) is 17.8. The van der Waals surface area contributed by atoms with E-state index in [2.05, 4.69) is 5.32 Å². The molecule has 1 saturated carbocycles. The Morgan fingerprint density at radius 3 is 2.11 bits per heavy atom. The van der Waals surface area contributed by atoms with Crippen molar-refractivity contribution < 1.29 is 14.7 Å². The Balaban J connectivity index is 2.71. The number of carbonyl (C=O) groups is 2. The first kappa shape index (κ1) is 15.8. The average Bonchev–Trinajstić information content (AvgIpc) is 3.09. The van der Waals surface area contributed by atoms with E-state index in [-0.39, 0.29) is 12.1 Å². The number of amides is 2. The molecule has 0 radical (unpaired) electrons. The van der Waals surface area contributed by atoms with Crippen molar-refractivity contribution >= 4 is 12.0 Å². The summed E-state index contributed by atoms with van der Waals surface area (Å²) in [7, 11) is 1.77. The molecule has 0 aromatic carbocycles. The van der Waals surface area contributed by atoms with Crippen molar-refractivity contribution in [1.29, 1.82) is 0 Å². The van der Waals surface area contributed by atoms with Gasteiger partial charge in [-0.2, -0.15) is 0 Å². The number of urea groups is 1. The summed E-state index contributed by atoms with van der Waals surface area (Å²) in [6, 6.07) is -0.0116. The maximum absolute atomic E-state index is 12.2. The van der Waals surface area contributed by atoms with E-state index in [1.807, 2.05) is 6.92 Å². The summed E-state index contributed by atoms with van der Waals surface area (Å²) in [5, 5.41) is 12.1. The summed E-state index contributed by atoms with van der Waals surface area (Å²) in [6.07, 6.45) is 2.34. The number of nitrogens with one attached hydrogen (secondary N) is 1. The minimum absolute atomic E-state index is 0.198. The van der Waals surface area contributed by atoms with E-state index < -0.39 is 16.9 Å². The van der Waals surface area contributed by atoms with Gasteiger partial charge in [-0.1, -0.05) is 0 Å². The first-order chi connectivity index (χ1) is 8.50. The summed E-state index contributed by atoms with van der Waals surface area (Å²) in [4.78, 5) is 25.2. The highest BCUT2D eigenvalue weighted by Gasteiger charge is 2.45. The third kappa shape index (κ3) is 3.19. The predicted molar refractivity (Wildman–Crippen MR) is 74.0 cm³/mol. The number of hydrogen-bond donors (Lipinski definition) is 2. The third-order valence-electron chi connectivity index (χ3n) is 4.75. The molecule has 1 unspecified atom stereocenters. The Hall–Kier alpha value is -1.26. The van der Waals surface area contributed by atoms with Crippen LogP contribution in [-0.2, 0) is 4.79 Å². The van der Waals surface area contributed by atoms with Gasteiger partial charge in [0.15, 0.2) is 0 Å². The van der Waals surface area contributed by atoms with Crippen LogP contribution in [0.4, 0.5) is 4.79 Å². The van der Waals surface area contributed by atoms with Gasteiger partial charge in [-0.15, -0.1) is 0 Å². The fourth-order valence-electron chi connectivity index (χ4n) is 1.86. The highest BCUT2D eigenvalue weighted by molar-refractivity contribution is 5.79. The fourth-order valence-corrected chi connectivity index (χ4v) is 1.86. The summed E-state index contributed by atoms with van der Waals surface area (Å²) in [5.41, 5.74) is -1.86. The van der Waals surface area contributed by atoms with Gasteiger partial charge < -0.3 is 15.3 Å². The summed E-state index contributed by atoms with van der Waals surface area (Å²) < 4.78 is 0. The van der Waals surface area contributed by atoms with Gasteiger partial charge in [0.25, 0.3) is 0 Å². The van der Waals surface area contributed by atoms with E-state index in [9.17, 15) is 14.7 Å². The molecule has 0 aromatic rings. The van der Waals surface area contributed by atoms with E-state index in [0.29, 0.717) is 5.92 Å². The molecule has 0 bridgehead atoms. The largest absolute Gasteiger partial charge is 0.481 e. The molecule has 1 aliphatic carbocycles. The summed E-state index contributed by atoms with van der Waals surface area (Å²) >= 11 is 0. The van der Waals surface area contributed by atoms with E-state index in [4.69, 9.17) is 0 Å². The number of carbonyl (C=O) groups excluding carboxylic acids is 1. The maximum atomic E-state index is 12.2. The Bertz CT molecular complexity index is 373. The van der Waals surface area contributed by atoms with E-state index >= 15 is 0 Å². The molecule has 0 spiro atoms. The number of rotatable bonds is 5. The highest BCUT2D eigenvalue weighted by Crippen LogP contribution is 2.35. The van der Waals surface area contributed by atoms with E-state index in [1.165, 1.54) is 12.8 Å². The fraction of sp³-hybridized carbons (Fsp3) is 0.857. The molecule has 0 saturated heterocycles. The number of aliphatic carboxylic acids is 1. The lowest BCUT2D eigenvalue weighted by atomic mass is 9.74. The van der Waals surface area contributed by atoms with Crippen LogP contribution in [0, 0.1) is 11.3 Å². The van der Waals surface area contributed by atoms with Gasteiger partial charge in [-0.05, 0) is 53.4 Å². The lowest BCUT2D eigenvalue weighted by Crippen LogP contribution is -2.60. The van der Waals surface area contributed by atoms with Gasteiger partial charge in [0.1, 0.15) is 0 Å². The molecular formula is C14H26N2O3. The Labute approximate surface area is 115 Å². The molecule has 1 atom stereocenters. The molecule has 19 heavy (non-hydrogen) atoms. The average molecular weight is 270 g/mol. The molecule has 1 rings (SSSR count). The topological polar surface area (TPSA) is 69.6 Å². The number of nitrogens with zero attached hydrogens (tertiary/aromatic N) is 1. The second-order valence-electron chi connectivity index (χ2n) is 6.67. The predicted octanol–water partition coefficient (Wildman–Crippen LogP) is 2.32. The van der Waals surface area contributed by atoms with Crippen LogP contribution in [0.3, 0.4) is 0 Å². The zero-order valence-electron chi connectivity index (χ0n) is 12.8. The molecule has 0 aliphatic heterocycles. The smallest absolute Gasteiger partial charge is 0.317 e. The third-order valence-corrected chi connectivity index (χ3v) is 4.75. The van der Waals surface area contributed by atoms with Crippen molar-refractivity contribution in [1.82, 2.24) is 10.2 Å². The van der Waals surface area contributed by atoms with Crippen LogP contribution in [0.1, 0.15) is 47.5 Å². The van der Waals surface area contributed by atoms with Crippen molar-refractivity contribution in [2.24, 2.45) is 11.3 Å². The van der Waals surface area contributed by atoms with E-state index in [1.54, 1.807) is 39.6 Å². The lowest BCUT2D eigenvalue weighted by Gasteiger charge is -2.40. The van der Waals surface area contributed by atoms with Gasteiger partial charge in [0.05, 0.1) is 11.0 Å². The Kier molecular flexibility index (Phi) is 4.17. The molecule has 1 fully saturated rings. The van der Waals surface area contributed by atoms with Crippen molar-refractivity contribution in [2.75, 3.05) is 7.05 Å². The van der Waals surface area contributed by atoms with E-state index in [0.717, 1.165) is 0 Å². The number of hydrogen-bond acceptors (Lipinski definition) is 2. The second-order valence-corrected chi connectivity index (χ2v) is 6.67. The summed E-state index contributed by atoms with van der Waals surface area (Å²) in [6.45, 7) is 8.77. The zero-order chi connectivity index (χ0) is 15.0. The second kappa shape index (κ2) is 5.02. The van der Waals surface area contributed by atoms with Crippen LogP contribution in [0.25, 0.3) is 0 Å². The summed E-state index contributed by atoms with van der Waals surface area (Å²) in [5.74, 6) is -0.331. The molecule has 110 valence electrons.